The lowest BCUT2D eigenvalue weighted by Crippen LogP contribution is -1.74. The molecule has 0 aliphatic rings. The Labute approximate surface area is 115 Å². The van der Waals surface area contributed by atoms with Gasteiger partial charge in [0.15, 0.2) is 0 Å². The third-order valence-corrected chi connectivity index (χ3v) is 2.33. The van der Waals surface area contributed by atoms with E-state index in [1.54, 1.807) is 0 Å². The fourth-order valence-electron chi connectivity index (χ4n) is 1.47. The molecule has 0 radical (unpaired) electrons. The van der Waals surface area contributed by atoms with Crippen LogP contribution in [0.25, 0.3) is 6.08 Å². The normalized spacial score (nSPS) is 11.2. The van der Waals surface area contributed by atoms with Crippen molar-refractivity contribution in [3.8, 4) is 0 Å². The van der Waals surface area contributed by atoms with Gasteiger partial charge in [0.1, 0.15) is 0 Å². The molecule has 1 aromatic rings. The van der Waals surface area contributed by atoms with E-state index in [1.165, 1.54) is 37.7 Å². The number of allylic oxidation sites excluding steroid dienone is 1. The number of hydrogen-bond donors (Lipinski definition) is 3. The largest absolute Gasteiger partial charge is 0.466 e. The topological polar surface area (TPSA) is 77.8 Å². The molecule has 3 N–H and O–H groups in total. The lowest BCUT2D eigenvalue weighted by atomic mass is 10.1. The van der Waals surface area contributed by atoms with Gasteiger partial charge in [-0.15, -0.1) is 0 Å². The van der Waals surface area contributed by atoms with E-state index in [4.69, 9.17) is 19.2 Å². The molecule has 1 aromatic carbocycles. The fraction of sp³-hybridized carbons (Fsp3) is 0.429. The van der Waals surface area contributed by atoms with Gasteiger partial charge in [0, 0.05) is 0 Å². The highest BCUT2D eigenvalue weighted by Gasteiger charge is 2.00. The summed E-state index contributed by atoms with van der Waals surface area (Å²) in [6, 6.07) is 10.5. The van der Waals surface area contributed by atoms with Crippen LogP contribution in [0.2, 0.25) is 0 Å². The van der Waals surface area contributed by atoms with Crippen LogP contribution in [0.1, 0.15) is 44.6 Å². The van der Waals surface area contributed by atoms with Crippen LogP contribution in [0, 0.1) is 0 Å². The lowest BCUT2D eigenvalue weighted by molar-refractivity contribution is 0.275. The van der Waals surface area contributed by atoms with Gasteiger partial charge in [-0.3, -0.25) is 0 Å². The van der Waals surface area contributed by atoms with Gasteiger partial charge >= 0.3 is 7.82 Å². The number of benzene rings is 1. The highest BCUT2D eigenvalue weighted by molar-refractivity contribution is 7.45. The fourth-order valence-corrected chi connectivity index (χ4v) is 1.47. The van der Waals surface area contributed by atoms with E-state index in [0.717, 1.165) is 0 Å². The third kappa shape index (κ3) is 17.1. The molecule has 4 nitrogen and oxygen atoms in total. The number of rotatable bonds is 6. The average Bonchev–Trinajstić information content (AvgIpc) is 2.33. The molecule has 0 fully saturated rings. The summed E-state index contributed by atoms with van der Waals surface area (Å²) in [7, 11) is -4.64. The highest BCUT2D eigenvalue weighted by atomic mass is 31.2. The van der Waals surface area contributed by atoms with Crippen molar-refractivity contribution in [2.45, 2.75) is 39.0 Å². The van der Waals surface area contributed by atoms with Crippen molar-refractivity contribution < 1.29 is 19.2 Å². The molecule has 0 saturated carbocycles. The molecule has 5 heteroatoms. The summed E-state index contributed by atoms with van der Waals surface area (Å²) >= 11 is 0. The van der Waals surface area contributed by atoms with E-state index in [9.17, 15) is 0 Å². The van der Waals surface area contributed by atoms with Crippen LogP contribution in [-0.2, 0) is 4.57 Å². The van der Waals surface area contributed by atoms with Crippen molar-refractivity contribution in [1.82, 2.24) is 0 Å². The quantitative estimate of drug-likeness (QED) is 0.550. The number of unbranched alkanes of at least 4 members (excludes halogenated alkanes) is 4. The van der Waals surface area contributed by atoms with E-state index in [0.29, 0.717) is 0 Å². The molecule has 0 amide bonds. The summed E-state index contributed by atoms with van der Waals surface area (Å²) < 4.78 is 8.88. The smallest absolute Gasteiger partial charge is 0.303 e. The number of hydrogen-bond acceptors (Lipinski definition) is 1. The number of phosphoric acid groups is 1. The van der Waals surface area contributed by atoms with Crippen LogP contribution in [0.5, 0.6) is 0 Å². The molecular weight excluding hydrogens is 263 g/mol. The maximum Gasteiger partial charge on any atom is 0.466 e. The molecule has 0 unspecified atom stereocenters. The van der Waals surface area contributed by atoms with Crippen LogP contribution in [0.3, 0.4) is 0 Å². The van der Waals surface area contributed by atoms with Crippen LogP contribution in [0.4, 0.5) is 0 Å². The predicted octanol–water partition coefficient (Wildman–Crippen LogP) is 3.74. The summed E-state index contributed by atoms with van der Waals surface area (Å²) in [6.45, 7) is 2.25. The summed E-state index contributed by atoms with van der Waals surface area (Å²) in [5.74, 6) is 0. The molecule has 0 atom stereocenters. The second kappa shape index (κ2) is 10.9. The maximum atomic E-state index is 8.88. The maximum absolute atomic E-state index is 8.88. The Balaban J connectivity index is 0.000000555. The molecule has 0 spiro atoms. The van der Waals surface area contributed by atoms with E-state index in [2.05, 4.69) is 49.4 Å². The van der Waals surface area contributed by atoms with Gasteiger partial charge in [0.2, 0.25) is 0 Å². The third-order valence-electron chi connectivity index (χ3n) is 2.33. The molecular formula is C14H23O4P. The van der Waals surface area contributed by atoms with Crippen LogP contribution in [-0.4, -0.2) is 14.7 Å². The molecule has 0 aliphatic carbocycles. The Morgan fingerprint density at radius 3 is 2.16 bits per heavy atom. The molecule has 0 aliphatic heterocycles. The molecule has 108 valence electrons. The van der Waals surface area contributed by atoms with Gasteiger partial charge in [0.05, 0.1) is 0 Å². The summed E-state index contributed by atoms with van der Waals surface area (Å²) in [5.41, 5.74) is 1.31. The Bertz CT molecular complexity index is 375. The van der Waals surface area contributed by atoms with Crippen molar-refractivity contribution in [1.29, 1.82) is 0 Å². The monoisotopic (exact) mass is 286 g/mol. The molecule has 0 heterocycles. The van der Waals surface area contributed by atoms with Gasteiger partial charge in [-0.25, -0.2) is 4.57 Å². The molecule has 0 saturated heterocycles. The first-order valence-electron chi connectivity index (χ1n) is 6.43. The lowest BCUT2D eigenvalue weighted by Gasteiger charge is -1.94. The van der Waals surface area contributed by atoms with Crippen LogP contribution in [0.15, 0.2) is 36.4 Å². The van der Waals surface area contributed by atoms with Gasteiger partial charge in [-0.2, -0.15) is 0 Å². The van der Waals surface area contributed by atoms with Crippen molar-refractivity contribution >= 4 is 13.9 Å². The first kappa shape index (κ1) is 18.1. The van der Waals surface area contributed by atoms with Crippen molar-refractivity contribution in [3.05, 3.63) is 42.0 Å². The summed E-state index contributed by atoms with van der Waals surface area (Å²) in [6.07, 6.45) is 11.1. The van der Waals surface area contributed by atoms with Crippen molar-refractivity contribution in [3.63, 3.8) is 0 Å². The van der Waals surface area contributed by atoms with E-state index in [-0.39, 0.29) is 0 Å². The Kier molecular flexibility index (Phi) is 10.4. The minimum Gasteiger partial charge on any atom is -0.303 e. The van der Waals surface area contributed by atoms with E-state index < -0.39 is 7.82 Å². The van der Waals surface area contributed by atoms with E-state index >= 15 is 0 Å². The average molecular weight is 286 g/mol. The molecule has 1 rings (SSSR count). The van der Waals surface area contributed by atoms with Crippen molar-refractivity contribution in [2.75, 3.05) is 0 Å². The zero-order chi connectivity index (χ0) is 14.6. The zero-order valence-electron chi connectivity index (χ0n) is 11.3. The van der Waals surface area contributed by atoms with E-state index in [1.807, 2.05) is 0 Å². The van der Waals surface area contributed by atoms with Crippen LogP contribution >= 0.6 is 7.82 Å². The van der Waals surface area contributed by atoms with Crippen molar-refractivity contribution in [2.24, 2.45) is 0 Å². The Hall–Kier alpha value is -0.930. The molecule has 19 heavy (non-hydrogen) atoms. The van der Waals surface area contributed by atoms with Gasteiger partial charge < -0.3 is 14.7 Å². The highest BCUT2D eigenvalue weighted by Crippen LogP contribution is 2.25. The minimum atomic E-state index is -4.64. The Morgan fingerprint density at radius 2 is 1.63 bits per heavy atom. The first-order chi connectivity index (χ1) is 8.93. The molecule has 0 aromatic heterocycles. The van der Waals surface area contributed by atoms with Gasteiger partial charge in [-0.05, 0) is 18.4 Å². The standard InChI is InChI=1S/C14H20.H3O4P/c1-2-3-4-5-6-8-11-14-12-9-7-10-13-14;1-5(2,3)4/h7-13H,2-6H2,1H3;(H3,1,2,3,4). The summed E-state index contributed by atoms with van der Waals surface area (Å²) in [4.78, 5) is 21.6. The minimum absolute atomic E-state index is 1.22. The molecule has 0 bridgehead atoms. The first-order valence-corrected chi connectivity index (χ1v) is 8.00. The van der Waals surface area contributed by atoms with Gasteiger partial charge in [-0.1, -0.05) is 68.7 Å². The SMILES string of the molecule is CCCCCCC=Cc1ccccc1.O=P(O)(O)O. The van der Waals surface area contributed by atoms with Gasteiger partial charge in [0.25, 0.3) is 0 Å². The second-order valence-electron chi connectivity index (χ2n) is 4.18. The zero-order valence-corrected chi connectivity index (χ0v) is 12.2. The second-order valence-corrected chi connectivity index (χ2v) is 5.20. The Morgan fingerprint density at radius 1 is 1.05 bits per heavy atom. The summed E-state index contributed by atoms with van der Waals surface area (Å²) in [5, 5.41) is 0. The van der Waals surface area contributed by atoms with Crippen LogP contribution < -0.4 is 0 Å². The predicted molar refractivity (Wildman–Crippen MR) is 78.5 cm³/mol.